The van der Waals surface area contributed by atoms with E-state index in [1.54, 1.807) is 0 Å². The van der Waals surface area contributed by atoms with Crippen LogP contribution in [-0.4, -0.2) is 18.1 Å². The van der Waals surface area contributed by atoms with Crippen molar-refractivity contribution in [3.05, 3.63) is 29.5 Å². The SMILES string of the molecule is Cc1nc2ccc(N3CCCC3)cc2c(NN)c1C(C)C. The van der Waals surface area contributed by atoms with E-state index >= 15 is 0 Å². The zero-order chi connectivity index (χ0) is 15.0. The Bertz CT molecular complexity index is 657. The van der Waals surface area contributed by atoms with Crippen molar-refractivity contribution in [3.8, 4) is 0 Å². The largest absolute Gasteiger partial charge is 0.372 e. The van der Waals surface area contributed by atoms with Crippen LogP contribution in [0.15, 0.2) is 18.2 Å². The number of aryl methyl sites for hydroxylation is 1. The molecule has 1 aromatic heterocycles. The number of pyridine rings is 1. The van der Waals surface area contributed by atoms with Crippen LogP contribution in [0.3, 0.4) is 0 Å². The maximum Gasteiger partial charge on any atom is 0.0728 e. The molecule has 4 nitrogen and oxygen atoms in total. The van der Waals surface area contributed by atoms with Crippen LogP contribution in [0, 0.1) is 6.92 Å². The van der Waals surface area contributed by atoms with Gasteiger partial charge in [-0.2, -0.15) is 0 Å². The quantitative estimate of drug-likeness (QED) is 0.668. The molecule has 3 N–H and O–H groups in total. The van der Waals surface area contributed by atoms with Gasteiger partial charge in [-0.3, -0.25) is 10.8 Å². The van der Waals surface area contributed by atoms with Crippen LogP contribution in [0.5, 0.6) is 0 Å². The van der Waals surface area contributed by atoms with E-state index in [4.69, 9.17) is 10.8 Å². The van der Waals surface area contributed by atoms with Gasteiger partial charge in [0.25, 0.3) is 0 Å². The second kappa shape index (κ2) is 5.53. The number of hydrazine groups is 1. The Balaban J connectivity index is 2.20. The summed E-state index contributed by atoms with van der Waals surface area (Å²) in [6.45, 7) is 8.71. The summed E-state index contributed by atoms with van der Waals surface area (Å²) in [6.07, 6.45) is 2.56. The lowest BCUT2D eigenvalue weighted by molar-refractivity contribution is 0.848. The minimum Gasteiger partial charge on any atom is -0.372 e. The minimum atomic E-state index is 0.392. The maximum absolute atomic E-state index is 5.84. The van der Waals surface area contributed by atoms with E-state index in [-0.39, 0.29) is 0 Å². The summed E-state index contributed by atoms with van der Waals surface area (Å²) in [6, 6.07) is 6.52. The van der Waals surface area contributed by atoms with E-state index in [1.165, 1.54) is 24.1 Å². The number of nitrogen functional groups attached to an aromatic ring is 1. The number of hydrogen-bond donors (Lipinski definition) is 2. The Morgan fingerprint density at radius 2 is 1.95 bits per heavy atom. The summed E-state index contributed by atoms with van der Waals surface area (Å²) in [5, 5.41) is 1.12. The number of nitrogens with one attached hydrogen (secondary N) is 1. The standard InChI is InChI=1S/C17H24N4/c1-11(2)16-12(3)19-15-7-6-13(21-8-4-5-9-21)10-14(15)17(16)20-18/h6-7,10-11H,4-5,8-9,18H2,1-3H3,(H,19,20). The summed E-state index contributed by atoms with van der Waals surface area (Å²) in [7, 11) is 0. The van der Waals surface area contributed by atoms with Crippen LogP contribution < -0.4 is 16.2 Å². The summed E-state index contributed by atoms with van der Waals surface area (Å²) < 4.78 is 0. The number of rotatable bonds is 3. The summed E-state index contributed by atoms with van der Waals surface area (Å²) in [5.41, 5.74) is 8.49. The predicted octanol–water partition coefficient (Wildman–Crippen LogP) is 3.55. The van der Waals surface area contributed by atoms with Crippen LogP contribution in [0.1, 0.15) is 43.9 Å². The molecule has 0 saturated carbocycles. The molecule has 1 aliphatic rings. The number of fused-ring (bicyclic) bond motifs is 1. The fraction of sp³-hybridized carbons (Fsp3) is 0.471. The number of hydrogen-bond acceptors (Lipinski definition) is 4. The lowest BCUT2D eigenvalue weighted by atomic mass is 9.96. The highest BCUT2D eigenvalue weighted by molar-refractivity contribution is 5.95. The Labute approximate surface area is 126 Å². The zero-order valence-electron chi connectivity index (χ0n) is 13.1. The Kier molecular flexibility index (Phi) is 3.72. The normalized spacial score (nSPS) is 15.2. The van der Waals surface area contributed by atoms with Gasteiger partial charge in [-0.25, -0.2) is 0 Å². The average Bonchev–Trinajstić information content (AvgIpc) is 2.99. The monoisotopic (exact) mass is 284 g/mol. The van der Waals surface area contributed by atoms with Gasteiger partial charge in [0, 0.05) is 35.4 Å². The van der Waals surface area contributed by atoms with Crippen LogP contribution >= 0.6 is 0 Å². The lowest BCUT2D eigenvalue weighted by Gasteiger charge is -2.21. The molecule has 0 bridgehead atoms. The van der Waals surface area contributed by atoms with Gasteiger partial charge in [0.15, 0.2) is 0 Å². The highest BCUT2D eigenvalue weighted by Crippen LogP contribution is 2.35. The average molecular weight is 284 g/mol. The molecule has 2 heterocycles. The van der Waals surface area contributed by atoms with Gasteiger partial charge < -0.3 is 10.3 Å². The minimum absolute atomic E-state index is 0.392. The first-order chi connectivity index (χ1) is 10.1. The fourth-order valence-electron chi connectivity index (χ4n) is 3.42. The first-order valence-corrected chi connectivity index (χ1v) is 7.77. The van der Waals surface area contributed by atoms with Crippen LogP contribution in [-0.2, 0) is 0 Å². The third-order valence-corrected chi connectivity index (χ3v) is 4.39. The van der Waals surface area contributed by atoms with Crippen LogP contribution in [0.4, 0.5) is 11.4 Å². The van der Waals surface area contributed by atoms with E-state index < -0.39 is 0 Å². The number of nitrogens with two attached hydrogens (primary N) is 1. The first-order valence-electron chi connectivity index (χ1n) is 7.77. The van der Waals surface area contributed by atoms with E-state index in [1.807, 2.05) is 0 Å². The van der Waals surface area contributed by atoms with Gasteiger partial charge in [-0.05, 0) is 43.9 Å². The number of aromatic nitrogens is 1. The maximum atomic E-state index is 5.84. The molecular formula is C17H24N4. The highest BCUT2D eigenvalue weighted by atomic mass is 15.2. The van der Waals surface area contributed by atoms with E-state index in [2.05, 4.69) is 49.3 Å². The second-order valence-electron chi connectivity index (χ2n) is 6.18. The van der Waals surface area contributed by atoms with Crippen LogP contribution in [0.25, 0.3) is 10.9 Å². The van der Waals surface area contributed by atoms with Gasteiger partial charge in [-0.1, -0.05) is 13.8 Å². The molecule has 112 valence electrons. The molecule has 1 aliphatic heterocycles. The van der Waals surface area contributed by atoms with Crippen molar-refractivity contribution < 1.29 is 0 Å². The lowest BCUT2D eigenvalue weighted by Crippen LogP contribution is -2.18. The van der Waals surface area contributed by atoms with Crippen molar-refractivity contribution in [3.63, 3.8) is 0 Å². The number of anilines is 2. The predicted molar refractivity (Wildman–Crippen MR) is 89.8 cm³/mol. The summed E-state index contributed by atoms with van der Waals surface area (Å²) in [4.78, 5) is 7.20. The Morgan fingerprint density at radius 3 is 2.57 bits per heavy atom. The van der Waals surface area contributed by atoms with E-state index in [0.717, 1.165) is 35.4 Å². The molecule has 0 spiro atoms. The molecule has 1 fully saturated rings. The van der Waals surface area contributed by atoms with E-state index in [0.29, 0.717) is 5.92 Å². The third-order valence-electron chi connectivity index (χ3n) is 4.39. The van der Waals surface area contributed by atoms with Crippen LogP contribution in [0.2, 0.25) is 0 Å². The van der Waals surface area contributed by atoms with Crippen molar-refractivity contribution in [1.29, 1.82) is 0 Å². The molecule has 0 unspecified atom stereocenters. The van der Waals surface area contributed by atoms with Crippen molar-refractivity contribution in [2.45, 2.75) is 39.5 Å². The molecule has 2 aromatic rings. The van der Waals surface area contributed by atoms with Crippen molar-refractivity contribution in [2.75, 3.05) is 23.4 Å². The highest BCUT2D eigenvalue weighted by Gasteiger charge is 2.17. The molecule has 0 radical (unpaired) electrons. The Hall–Kier alpha value is -1.81. The molecular weight excluding hydrogens is 260 g/mol. The molecule has 0 aliphatic carbocycles. The third kappa shape index (κ3) is 2.44. The molecule has 1 aromatic carbocycles. The van der Waals surface area contributed by atoms with Crippen molar-refractivity contribution in [1.82, 2.24) is 4.98 Å². The molecule has 0 amide bonds. The first kappa shape index (κ1) is 14.1. The van der Waals surface area contributed by atoms with Gasteiger partial charge in [-0.15, -0.1) is 0 Å². The molecule has 1 saturated heterocycles. The van der Waals surface area contributed by atoms with Gasteiger partial charge >= 0.3 is 0 Å². The molecule has 21 heavy (non-hydrogen) atoms. The van der Waals surface area contributed by atoms with Gasteiger partial charge in [0.2, 0.25) is 0 Å². The summed E-state index contributed by atoms with van der Waals surface area (Å²) in [5.74, 6) is 6.23. The van der Waals surface area contributed by atoms with E-state index in [9.17, 15) is 0 Å². The number of nitrogens with zero attached hydrogens (tertiary/aromatic N) is 2. The summed E-state index contributed by atoms with van der Waals surface area (Å²) >= 11 is 0. The molecule has 0 atom stereocenters. The van der Waals surface area contributed by atoms with Gasteiger partial charge in [0.05, 0.1) is 11.2 Å². The fourth-order valence-corrected chi connectivity index (χ4v) is 3.42. The molecule has 3 rings (SSSR count). The Morgan fingerprint density at radius 1 is 1.24 bits per heavy atom. The zero-order valence-corrected chi connectivity index (χ0v) is 13.1. The smallest absolute Gasteiger partial charge is 0.0728 e. The topological polar surface area (TPSA) is 54.2 Å². The van der Waals surface area contributed by atoms with Gasteiger partial charge in [0.1, 0.15) is 0 Å². The number of benzene rings is 1. The van der Waals surface area contributed by atoms with Crippen molar-refractivity contribution >= 4 is 22.3 Å². The molecule has 4 heteroatoms. The van der Waals surface area contributed by atoms with Crippen molar-refractivity contribution in [2.24, 2.45) is 5.84 Å². The second-order valence-corrected chi connectivity index (χ2v) is 6.18.